The number of hydrogen-bond acceptors (Lipinski definition) is 7. The van der Waals surface area contributed by atoms with Crippen LogP contribution in [0.15, 0.2) is 58.8 Å². The predicted molar refractivity (Wildman–Crippen MR) is 111 cm³/mol. The molecule has 150 valence electrons. The number of fused-ring (bicyclic) bond motifs is 1. The summed E-state index contributed by atoms with van der Waals surface area (Å²) in [5.41, 5.74) is 1.49. The monoisotopic (exact) mass is 429 g/mol. The third kappa shape index (κ3) is 4.29. The lowest BCUT2D eigenvalue weighted by Crippen LogP contribution is -2.27. The van der Waals surface area contributed by atoms with E-state index < -0.39 is 10.0 Å². The summed E-state index contributed by atoms with van der Waals surface area (Å²) < 4.78 is 34.7. The van der Waals surface area contributed by atoms with Crippen molar-refractivity contribution in [1.29, 1.82) is 0 Å². The highest BCUT2D eigenvalue weighted by atomic mass is 32.2. The van der Waals surface area contributed by atoms with Crippen LogP contribution in [0.2, 0.25) is 0 Å². The number of hydrogen-bond donors (Lipinski definition) is 1. The molecule has 1 N–H and O–H groups in total. The Morgan fingerprint density at radius 1 is 1.07 bits per heavy atom. The van der Waals surface area contributed by atoms with Gasteiger partial charge in [-0.15, -0.1) is 26.6 Å². The average Bonchev–Trinajstić information content (AvgIpc) is 3.39. The van der Waals surface area contributed by atoms with Crippen LogP contribution in [-0.2, 0) is 16.4 Å². The summed E-state index contributed by atoms with van der Waals surface area (Å²) in [6.07, 6.45) is 0.811. The Hall–Kier alpha value is -2.82. The first-order valence-electron chi connectivity index (χ1n) is 9.06. The number of nitrogens with one attached hydrogen (secondary N) is 1. The van der Waals surface area contributed by atoms with Gasteiger partial charge in [-0.1, -0.05) is 37.3 Å². The summed E-state index contributed by atoms with van der Waals surface area (Å²) >= 11 is 1.28. The molecular weight excluding hydrogens is 410 g/mol. The van der Waals surface area contributed by atoms with Crippen molar-refractivity contribution in [3.63, 3.8) is 0 Å². The fraction of sp³-hybridized carbons (Fsp3) is 0.211. The van der Waals surface area contributed by atoms with Crippen LogP contribution in [-0.4, -0.2) is 41.4 Å². The Labute approximate surface area is 172 Å². The van der Waals surface area contributed by atoms with Gasteiger partial charge in [0.15, 0.2) is 11.5 Å². The minimum atomic E-state index is -3.53. The molecule has 4 aromatic rings. The van der Waals surface area contributed by atoms with Gasteiger partial charge in [0.1, 0.15) is 10.8 Å². The van der Waals surface area contributed by atoms with E-state index in [1.807, 2.05) is 43.3 Å². The molecule has 0 radical (unpaired) electrons. The Morgan fingerprint density at radius 3 is 2.66 bits per heavy atom. The summed E-state index contributed by atoms with van der Waals surface area (Å²) in [6, 6.07) is 16.5. The van der Waals surface area contributed by atoms with E-state index >= 15 is 0 Å². The molecule has 0 saturated carbocycles. The van der Waals surface area contributed by atoms with Crippen LogP contribution in [0.5, 0.6) is 5.88 Å². The number of benzene rings is 1. The van der Waals surface area contributed by atoms with Gasteiger partial charge in [0.25, 0.3) is 0 Å². The third-order valence-corrected chi connectivity index (χ3v) is 7.35. The van der Waals surface area contributed by atoms with Crippen LogP contribution in [0.1, 0.15) is 11.8 Å². The molecule has 0 atom stereocenters. The molecule has 0 aliphatic heterocycles. The van der Waals surface area contributed by atoms with Crippen LogP contribution in [0, 0.1) is 0 Å². The molecule has 0 spiro atoms. The van der Waals surface area contributed by atoms with Crippen molar-refractivity contribution in [3.8, 4) is 17.3 Å². The summed E-state index contributed by atoms with van der Waals surface area (Å²) in [5.74, 6) is 0.967. The normalized spacial score (nSPS) is 11.8. The average molecular weight is 430 g/mol. The summed E-state index contributed by atoms with van der Waals surface area (Å²) in [6.45, 7) is 2.27. The number of sulfonamides is 1. The molecule has 3 aromatic heterocycles. The second kappa shape index (κ2) is 8.27. The first kappa shape index (κ1) is 19.5. The third-order valence-electron chi connectivity index (χ3n) is 4.16. The largest absolute Gasteiger partial charge is 0.475 e. The van der Waals surface area contributed by atoms with E-state index in [9.17, 15) is 8.42 Å². The molecule has 0 aliphatic carbocycles. The van der Waals surface area contributed by atoms with E-state index in [4.69, 9.17) is 4.74 Å². The van der Waals surface area contributed by atoms with Crippen LogP contribution in [0.4, 0.5) is 0 Å². The zero-order valence-corrected chi connectivity index (χ0v) is 17.3. The van der Waals surface area contributed by atoms with Crippen molar-refractivity contribution in [2.45, 2.75) is 17.6 Å². The molecule has 3 heterocycles. The van der Waals surface area contributed by atoms with Crippen molar-refractivity contribution in [1.82, 2.24) is 24.5 Å². The van der Waals surface area contributed by atoms with Gasteiger partial charge in [-0.3, -0.25) is 0 Å². The van der Waals surface area contributed by atoms with Crippen LogP contribution in [0.3, 0.4) is 0 Å². The van der Waals surface area contributed by atoms with E-state index in [2.05, 4.69) is 20.0 Å². The highest BCUT2D eigenvalue weighted by molar-refractivity contribution is 7.91. The quantitative estimate of drug-likeness (QED) is 0.433. The molecule has 0 amide bonds. The fourth-order valence-electron chi connectivity index (χ4n) is 2.71. The number of ether oxygens (including phenoxy) is 1. The van der Waals surface area contributed by atoms with E-state index in [0.717, 1.165) is 16.9 Å². The molecule has 1 aromatic carbocycles. The van der Waals surface area contributed by atoms with Crippen molar-refractivity contribution in [3.05, 3.63) is 59.5 Å². The lowest BCUT2D eigenvalue weighted by atomic mass is 10.2. The Bertz CT molecular complexity index is 1220. The maximum absolute atomic E-state index is 12.3. The first-order chi connectivity index (χ1) is 14.1. The molecule has 0 saturated heterocycles. The minimum Gasteiger partial charge on any atom is -0.475 e. The smallest absolute Gasteiger partial charge is 0.250 e. The van der Waals surface area contributed by atoms with Gasteiger partial charge in [0, 0.05) is 23.1 Å². The van der Waals surface area contributed by atoms with Crippen molar-refractivity contribution in [2.24, 2.45) is 0 Å². The van der Waals surface area contributed by atoms with Crippen molar-refractivity contribution >= 4 is 27.0 Å². The SMILES string of the molecule is CCc1ccc(S(=O)(=O)NCCOc2ccc3nnc(-c4ccccc4)n3n2)s1. The standard InChI is InChI=1S/C19H19N5O3S2/c1-2-15-8-11-18(28-15)29(25,26)20-12-13-27-17-10-9-16-21-22-19(24(16)23-17)14-6-4-3-5-7-14/h3-11,20H,2,12-13H2,1H3. The molecule has 8 nitrogen and oxygen atoms in total. The lowest BCUT2D eigenvalue weighted by molar-refractivity contribution is 0.306. The fourth-order valence-corrected chi connectivity index (χ4v) is 5.06. The van der Waals surface area contributed by atoms with Gasteiger partial charge >= 0.3 is 0 Å². The zero-order chi connectivity index (χ0) is 20.3. The van der Waals surface area contributed by atoms with Gasteiger partial charge < -0.3 is 4.74 Å². The number of aromatic nitrogens is 4. The Kier molecular flexibility index (Phi) is 5.56. The number of nitrogens with zero attached hydrogens (tertiary/aromatic N) is 4. The lowest BCUT2D eigenvalue weighted by Gasteiger charge is -2.07. The molecule has 4 rings (SSSR count). The first-order valence-corrected chi connectivity index (χ1v) is 11.4. The minimum absolute atomic E-state index is 0.134. The zero-order valence-electron chi connectivity index (χ0n) is 15.6. The molecular formula is C19H19N5O3S2. The van der Waals surface area contributed by atoms with Gasteiger partial charge in [-0.05, 0) is 24.6 Å². The summed E-state index contributed by atoms with van der Waals surface area (Å²) in [4.78, 5) is 1.03. The summed E-state index contributed by atoms with van der Waals surface area (Å²) in [5, 5.41) is 12.7. The highest BCUT2D eigenvalue weighted by Crippen LogP contribution is 2.22. The molecule has 29 heavy (non-hydrogen) atoms. The number of aryl methyl sites for hydroxylation is 1. The second-order valence-corrected chi connectivity index (χ2v) is 9.31. The van der Waals surface area contributed by atoms with Crippen LogP contribution in [0.25, 0.3) is 17.0 Å². The predicted octanol–water partition coefficient (Wildman–Crippen LogP) is 2.77. The van der Waals surface area contributed by atoms with E-state index in [1.165, 1.54) is 11.3 Å². The maximum Gasteiger partial charge on any atom is 0.250 e. The van der Waals surface area contributed by atoms with E-state index in [-0.39, 0.29) is 13.2 Å². The van der Waals surface area contributed by atoms with Gasteiger partial charge in [-0.25, -0.2) is 13.1 Å². The molecule has 10 heteroatoms. The molecule has 0 aliphatic rings. The molecule has 0 unspecified atom stereocenters. The molecule has 0 bridgehead atoms. The van der Waals surface area contributed by atoms with Gasteiger partial charge in [-0.2, -0.15) is 4.52 Å². The van der Waals surface area contributed by atoms with Crippen LogP contribution >= 0.6 is 11.3 Å². The summed E-state index contributed by atoms with van der Waals surface area (Å²) in [7, 11) is -3.53. The Balaban J connectivity index is 1.41. The Morgan fingerprint density at radius 2 is 1.90 bits per heavy atom. The van der Waals surface area contributed by atoms with Gasteiger partial charge in [0.05, 0.1) is 0 Å². The van der Waals surface area contributed by atoms with Crippen molar-refractivity contribution < 1.29 is 13.2 Å². The maximum atomic E-state index is 12.3. The molecule has 0 fully saturated rings. The van der Waals surface area contributed by atoms with E-state index in [1.54, 1.807) is 22.7 Å². The van der Waals surface area contributed by atoms with Crippen molar-refractivity contribution in [2.75, 3.05) is 13.2 Å². The highest BCUT2D eigenvalue weighted by Gasteiger charge is 2.16. The topological polar surface area (TPSA) is 98.5 Å². The van der Waals surface area contributed by atoms with E-state index in [0.29, 0.717) is 21.6 Å². The number of thiophene rings is 1. The number of rotatable bonds is 8. The van der Waals surface area contributed by atoms with Crippen LogP contribution < -0.4 is 9.46 Å². The second-order valence-electron chi connectivity index (χ2n) is 6.15. The van der Waals surface area contributed by atoms with Gasteiger partial charge in [0.2, 0.25) is 15.9 Å².